The van der Waals surface area contributed by atoms with Crippen LogP contribution in [0.3, 0.4) is 0 Å². The zero-order valence-electron chi connectivity index (χ0n) is 23.5. The molecule has 2 heterocycles. The molecular formula is C35H33Br2F2NO2. The third-order valence-electron chi connectivity index (χ3n) is 8.71. The highest BCUT2D eigenvalue weighted by Gasteiger charge is 2.42. The van der Waals surface area contributed by atoms with E-state index in [1.54, 1.807) is 0 Å². The summed E-state index contributed by atoms with van der Waals surface area (Å²) in [5.41, 5.74) is 5.43. The van der Waals surface area contributed by atoms with Crippen molar-refractivity contribution in [1.82, 2.24) is 4.90 Å². The van der Waals surface area contributed by atoms with Crippen LogP contribution in [0.25, 0.3) is 0 Å². The minimum absolute atomic E-state index is 0.248. The van der Waals surface area contributed by atoms with Gasteiger partial charge in [-0.1, -0.05) is 68.3 Å². The second kappa shape index (κ2) is 12.3. The standard InChI is InChI=1S/C35H33Br2F2NO2/c1-40(18-2-16-34(26-4-10-30(38)11-5-26)32-14-8-28(36)20-24(32)22-41-34)19-3-17-35(27-6-12-31(39)13-7-27)33-15-9-29(37)21-25(33)23-42-35/h4-15,20-21H,2-3,16-19,22-23H2,1H3. The van der Waals surface area contributed by atoms with E-state index in [1.165, 1.54) is 24.3 Å². The summed E-state index contributed by atoms with van der Waals surface area (Å²) >= 11 is 7.17. The molecule has 0 aliphatic carbocycles. The minimum atomic E-state index is -0.590. The quantitative estimate of drug-likeness (QED) is 0.165. The second-order valence-electron chi connectivity index (χ2n) is 11.4. The van der Waals surface area contributed by atoms with Gasteiger partial charge in [0.1, 0.15) is 22.8 Å². The summed E-state index contributed by atoms with van der Waals surface area (Å²) in [6.45, 7) is 2.86. The van der Waals surface area contributed by atoms with Gasteiger partial charge in [0.05, 0.1) is 13.2 Å². The van der Waals surface area contributed by atoms with Gasteiger partial charge in [-0.25, -0.2) is 8.78 Å². The van der Waals surface area contributed by atoms with Crippen molar-refractivity contribution in [2.75, 3.05) is 20.1 Å². The molecule has 218 valence electrons. The number of rotatable bonds is 10. The zero-order chi connectivity index (χ0) is 29.3. The Morgan fingerprint density at radius 3 is 1.45 bits per heavy atom. The van der Waals surface area contributed by atoms with Gasteiger partial charge in [-0.2, -0.15) is 0 Å². The van der Waals surface area contributed by atoms with E-state index in [4.69, 9.17) is 9.47 Å². The molecule has 0 aromatic heterocycles. The predicted molar refractivity (Wildman–Crippen MR) is 168 cm³/mol. The van der Waals surface area contributed by atoms with Gasteiger partial charge < -0.3 is 14.4 Å². The Bertz CT molecular complexity index is 1450. The van der Waals surface area contributed by atoms with Gasteiger partial charge in [-0.05, 0) is 128 Å². The Morgan fingerprint density at radius 2 is 1.05 bits per heavy atom. The highest BCUT2D eigenvalue weighted by Crippen LogP contribution is 2.47. The van der Waals surface area contributed by atoms with Crippen molar-refractivity contribution in [3.05, 3.63) is 139 Å². The highest BCUT2D eigenvalue weighted by molar-refractivity contribution is 9.10. The van der Waals surface area contributed by atoms with E-state index in [0.717, 1.165) is 81.1 Å². The molecular weight excluding hydrogens is 664 g/mol. The number of halogens is 4. The lowest BCUT2D eigenvalue weighted by atomic mass is 9.81. The van der Waals surface area contributed by atoms with E-state index in [9.17, 15) is 8.78 Å². The lowest BCUT2D eigenvalue weighted by Gasteiger charge is -2.32. The van der Waals surface area contributed by atoms with Gasteiger partial charge in [0.2, 0.25) is 0 Å². The fraction of sp³-hybridized carbons (Fsp3) is 0.314. The molecule has 6 rings (SSSR count). The van der Waals surface area contributed by atoms with Crippen LogP contribution in [0.5, 0.6) is 0 Å². The Morgan fingerprint density at radius 1 is 0.643 bits per heavy atom. The van der Waals surface area contributed by atoms with Crippen molar-refractivity contribution >= 4 is 31.9 Å². The Labute approximate surface area is 263 Å². The summed E-state index contributed by atoms with van der Waals surface area (Å²) in [6, 6.07) is 26.1. The monoisotopic (exact) mass is 695 g/mol. The van der Waals surface area contributed by atoms with E-state index in [1.807, 2.05) is 24.3 Å². The predicted octanol–water partition coefficient (Wildman–Crippen LogP) is 9.23. The molecule has 0 fully saturated rings. The zero-order valence-corrected chi connectivity index (χ0v) is 26.7. The molecule has 0 N–H and O–H groups in total. The minimum Gasteiger partial charge on any atom is -0.361 e. The number of nitrogens with zero attached hydrogens (tertiary/aromatic N) is 1. The summed E-state index contributed by atoms with van der Waals surface area (Å²) in [7, 11) is 2.15. The molecule has 0 bridgehead atoms. The molecule has 2 unspecified atom stereocenters. The molecule has 0 amide bonds. The number of benzene rings is 4. The third kappa shape index (κ3) is 5.74. The Hall–Kier alpha value is -2.42. The van der Waals surface area contributed by atoms with E-state index >= 15 is 0 Å². The normalized spacial score (nSPS) is 21.1. The lowest BCUT2D eigenvalue weighted by molar-refractivity contribution is -0.0166. The average Bonchev–Trinajstić information content (AvgIpc) is 3.52. The number of hydrogen-bond acceptors (Lipinski definition) is 3. The maximum absolute atomic E-state index is 13.8. The van der Waals surface area contributed by atoms with Gasteiger partial charge in [0, 0.05) is 8.95 Å². The largest absolute Gasteiger partial charge is 0.361 e. The fourth-order valence-electron chi connectivity index (χ4n) is 6.63. The van der Waals surface area contributed by atoms with E-state index < -0.39 is 11.2 Å². The third-order valence-corrected chi connectivity index (χ3v) is 9.70. The van der Waals surface area contributed by atoms with Crippen LogP contribution in [0.2, 0.25) is 0 Å². The lowest BCUT2D eigenvalue weighted by Crippen LogP contribution is -2.31. The molecule has 42 heavy (non-hydrogen) atoms. The van der Waals surface area contributed by atoms with Gasteiger partial charge >= 0.3 is 0 Å². The van der Waals surface area contributed by atoms with Gasteiger partial charge in [-0.3, -0.25) is 0 Å². The van der Waals surface area contributed by atoms with Crippen molar-refractivity contribution in [2.24, 2.45) is 0 Å². The van der Waals surface area contributed by atoms with E-state index in [0.29, 0.717) is 13.2 Å². The molecule has 2 aliphatic rings. The van der Waals surface area contributed by atoms with Crippen molar-refractivity contribution in [1.29, 1.82) is 0 Å². The van der Waals surface area contributed by atoms with Crippen molar-refractivity contribution < 1.29 is 18.3 Å². The smallest absolute Gasteiger partial charge is 0.123 e. The molecule has 3 nitrogen and oxygen atoms in total. The van der Waals surface area contributed by atoms with Crippen molar-refractivity contribution in [2.45, 2.75) is 50.1 Å². The van der Waals surface area contributed by atoms with E-state index in [-0.39, 0.29) is 11.6 Å². The maximum Gasteiger partial charge on any atom is 0.123 e. The maximum atomic E-state index is 13.8. The van der Waals surface area contributed by atoms with Crippen LogP contribution in [0.1, 0.15) is 59.1 Å². The fourth-order valence-corrected chi connectivity index (χ4v) is 7.45. The first-order valence-corrected chi connectivity index (χ1v) is 15.9. The SMILES string of the molecule is CN(CCCC1(c2ccc(F)cc2)OCc2cc(Br)ccc21)CCCC1(c2ccc(F)cc2)OCc2cc(Br)ccc21. The summed E-state index contributed by atoms with van der Waals surface area (Å²) < 4.78 is 42.7. The molecule has 0 spiro atoms. The molecule has 0 radical (unpaired) electrons. The first kappa shape index (κ1) is 29.6. The Balaban J connectivity index is 1.13. The van der Waals surface area contributed by atoms with Gasteiger partial charge in [-0.15, -0.1) is 0 Å². The van der Waals surface area contributed by atoms with Crippen molar-refractivity contribution in [3.63, 3.8) is 0 Å². The molecule has 4 aromatic rings. The molecule has 2 atom stereocenters. The van der Waals surface area contributed by atoms with Crippen molar-refractivity contribution in [3.8, 4) is 0 Å². The second-order valence-corrected chi connectivity index (χ2v) is 13.2. The Kier molecular flexibility index (Phi) is 8.67. The summed E-state index contributed by atoms with van der Waals surface area (Å²) in [5, 5.41) is 0. The van der Waals surface area contributed by atoms with Crippen LogP contribution in [-0.4, -0.2) is 25.0 Å². The van der Waals surface area contributed by atoms with Crippen LogP contribution in [0.15, 0.2) is 93.9 Å². The van der Waals surface area contributed by atoms with Crippen LogP contribution < -0.4 is 0 Å². The van der Waals surface area contributed by atoms with E-state index in [2.05, 4.69) is 80.2 Å². The summed E-state index contributed by atoms with van der Waals surface area (Å²) in [5.74, 6) is -0.495. The average molecular weight is 697 g/mol. The molecule has 4 aromatic carbocycles. The first-order valence-electron chi connectivity index (χ1n) is 14.4. The van der Waals surface area contributed by atoms with Gasteiger partial charge in [0.15, 0.2) is 0 Å². The summed E-state index contributed by atoms with van der Waals surface area (Å²) in [4.78, 5) is 2.35. The van der Waals surface area contributed by atoms with Crippen LogP contribution in [0, 0.1) is 11.6 Å². The molecule has 0 saturated carbocycles. The van der Waals surface area contributed by atoms with Crippen LogP contribution in [-0.2, 0) is 33.9 Å². The number of fused-ring (bicyclic) bond motifs is 2. The highest BCUT2D eigenvalue weighted by atomic mass is 79.9. The number of ether oxygens (including phenoxy) is 2. The molecule has 2 aliphatic heterocycles. The van der Waals surface area contributed by atoms with Crippen LogP contribution >= 0.6 is 31.9 Å². The van der Waals surface area contributed by atoms with Gasteiger partial charge in [0.25, 0.3) is 0 Å². The number of hydrogen-bond donors (Lipinski definition) is 0. The molecule has 0 saturated heterocycles. The first-order chi connectivity index (χ1) is 20.3. The van der Waals surface area contributed by atoms with Crippen LogP contribution in [0.4, 0.5) is 8.78 Å². The topological polar surface area (TPSA) is 21.7 Å². The molecule has 7 heteroatoms. The summed E-state index contributed by atoms with van der Waals surface area (Å²) in [6.07, 6.45) is 3.42.